The summed E-state index contributed by atoms with van der Waals surface area (Å²) in [6, 6.07) is 0.127. The minimum Gasteiger partial charge on any atom is -0.320 e. The molecular formula is C21H35I4N5O4. The number of unbranched alkanes of at least 4 members (excludes halogenated alkanes) is 1. The maximum atomic E-state index is 12.1. The first-order chi connectivity index (χ1) is 16.1. The van der Waals surface area contributed by atoms with Crippen molar-refractivity contribution in [3.63, 3.8) is 0 Å². The number of hydrogen-bond acceptors (Lipinski definition) is 9. The van der Waals surface area contributed by atoms with Gasteiger partial charge in [-0.05, 0) is 26.4 Å². The molecule has 1 unspecified atom stereocenters. The van der Waals surface area contributed by atoms with Crippen LogP contribution in [0, 0.1) is 0 Å². The first-order valence-electron chi connectivity index (χ1n) is 11.4. The lowest BCUT2D eigenvalue weighted by molar-refractivity contribution is -0.113. The van der Waals surface area contributed by atoms with Crippen molar-refractivity contribution in [1.82, 2.24) is 24.9 Å². The summed E-state index contributed by atoms with van der Waals surface area (Å²) in [4.78, 5) is 56.5. The van der Waals surface area contributed by atoms with E-state index in [0.29, 0.717) is 72.0 Å². The van der Waals surface area contributed by atoms with Crippen molar-refractivity contribution in [2.75, 3.05) is 85.6 Å². The van der Waals surface area contributed by atoms with Gasteiger partial charge in [-0.1, -0.05) is 6.42 Å². The normalized spacial score (nSPS) is 20.4. The van der Waals surface area contributed by atoms with Gasteiger partial charge in [-0.25, -0.2) is 0 Å². The highest BCUT2D eigenvalue weighted by Gasteiger charge is 2.26. The number of carbonyl (C=O) groups is 4. The zero-order valence-electron chi connectivity index (χ0n) is 19.6. The fraction of sp³-hybridized carbons (Fsp3) is 0.810. The van der Waals surface area contributed by atoms with Gasteiger partial charge in [0.1, 0.15) is 0 Å². The molecule has 1 rings (SSSR count). The monoisotopic (exact) mass is 929 g/mol. The van der Waals surface area contributed by atoms with Gasteiger partial charge in [-0.15, -0.1) is 0 Å². The van der Waals surface area contributed by atoms with Crippen molar-refractivity contribution >= 4 is 106 Å². The SMILES string of the molecule is CNCCCCC1CN(CC(=O)I)CCN(CC(=O)I)CCN(CC(=O)I)CCN1CC(=O)I. The van der Waals surface area contributed by atoms with Gasteiger partial charge in [0, 0.05) is 142 Å². The molecule has 1 fully saturated rings. The van der Waals surface area contributed by atoms with E-state index in [4.69, 9.17) is 0 Å². The largest absolute Gasteiger partial charge is 0.320 e. The molecule has 0 aliphatic carbocycles. The van der Waals surface area contributed by atoms with E-state index < -0.39 is 0 Å². The lowest BCUT2D eigenvalue weighted by atomic mass is 10.1. The molecular weight excluding hydrogens is 894 g/mol. The second-order valence-corrected chi connectivity index (χ2v) is 13.2. The third-order valence-electron chi connectivity index (χ3n) is 5.74. The summed E-state index contributed by atoms with van der Waals surface area (Å²) in [5, 5.41) is 3.19. The van der Waals surface area contributed by atoms with Crippen LogP contribution in [0.4, 0.5) is 0 Å². The van der Waals surface area contributed by atoms with Gasteiger partial charge in [0.2, 0.25) is 15.2 Å². The zero-order valence-corrected chi connectivity index (χ0v) is 28.2. The Kier molecular flexibility index (Phi) is 19.1. The van der Waals surface area contributed by atoms with Crippen LogP contribution in [-0.2, 0) is 19.2 Å². The molecule has 9 nitrogen and oxygen atoms in total. The minimum absolute atomic E-state index is 0.0758. The maximum absolute atomic E-state index is 12.1. The summed E-state index contributed by atoms with van der Waals surface area (Å²) in [6.07, 6.45) is 3.00. The molecule has 1 N–H and O–H groups in total. The average Bonchev–Trinajstić information content (AvgIpc) is 2.72. The molecule has 1 aliphatic rings. The second-order valence-electron chi connectivity index (χ2n) is 8.43. The van der Waals surface area contributed by atoms with Crippen LogP contribution in [0.1, 0.15) is 19.3 Å². The first-order valence-corrected chi connectivity index (χ1v) is 15.7. The van der Waals surface area contributed by atoms with Crippen LogP contribution in [0.3, 0.4) is 0 Å². The molecule has 0 spiro atoms. The van der Waals surface area contributed by atoms with Gasteiger partial charge in [0.25, 0.3) is 0 Å². The average molecular weight is 929 g/mol. The molecule has 0 radical (unpaired) electrons. The van der Waals surface area contributed by atoms with E-state index in [9.17, 15) is 19.2 Å². The van der Waals surface area contributed by atoms with Crippen LogP contribution in [0.5, 0.6) is 0 Å². The topological polar surface area (TPSA) is 93.3 Å². The van der Waals surface area contributed by atoms with Gasteiger partial charge >= 0.3 is 0 Å². The van der Waals surface area contributed by atoms with E-state index in [1.807, 2.05) is 97.4 Å². The Hall–Kier alpha value is 1.40. The van der Waals surface area contributed by atoms with Crippen molar-refractivity contribution in [3.8, 4) is 0 Å². The Morgan fingerprint density at radius 1 is 0.676 bits per heavy atom. The number of nitrogens with one attached hydrogen (secondary N) is 1. The lowest BCUT2D eigenvalue weighted by Gasteiger charge is -2.38. The molecule has 0 saturated carbocycles. The summed E-state index contributed by atoms with van der Waals surface area (Å²) in [5.41, 5.74) is 0. The molecule has 0 aromatic rings. The van der Waals surface area contributed by atoms with Gasteiger partial charge in [-0.3, -0.25) is 38.8 Å². The highest BCUT2D eigenvalue weighted by atomic mass is 127. The van der Waals surface area contributed by atoms with E-state index >= 15 is 0 Å². The number of hydrogen-bond donors (Lipinski definition) is 1. The zero-order chi connectivity index (χ0) is 25.5. The molecule has 1 heterocycles. The van der Waals surface area contributed by atoms with Crippen molar-refractivity contribution in [3.05, 3.63) is 0 Å². The van der Waals surface area contributed by atoms with Crippen molar-refractivity contribution in [2.24, 2.45) is 0 Å². The van der Waals surface area contributed by atoms with Crippen molar-refractivity contribution in [1.29, 1.82) is 0 Å². The Morgan fingerprint density at radius 2 is 1.12 bits per heavy atom. The van der Waals surface area contributed by atoms with Gasteiger partial charge in [-0.2, -0.15) is 0 Å². The lowest BCUT2D eigenvalue weighted by Crippen LogP contribution is -2.52. The van der Waals surface area contributed by atoms with E-state index in [1.54, 1.807) is 0 Å². The van der Waals surface area contributed by atoms with Crippen LogP contribution in [0.25, 0.3) is 0 Å². The Labute approximate surface area is 257 Å². The quantitative estimate of drug-likeness (QED) is 0.169. The summed E-state index contributed by atoms with van der Waals surface area (Å²) < 4.78 is 0.322. The van der Waals surface area contributed by atoms with Gasteiger partial charge in [0.05, 0.1) is 26.2 Å². The summed E-state index contributed by atoms with van der Waals surface area (Å²) >= 11 is 7.35. The fourth-order valence-corrected chi connectivity index (χ4v) is 5.94. The number of halogens is 4. The molecule has 13 heteroatoms. The van der Waals surface area contributed by atoms with E-state index in [1.165, 1.54) is 0 Å². The van der Waals surface area contributed by atoms with E-state index in [-0.39, 0.29) is 21.2 Å². The second kappa shape index (κ2) is 19.5. The molecule has 0 aromatic carbocycles. The van der Waals surface area contributed by atoms with Crippen LogP contribution in [0.2, 0.25) is 0 Å². The van der Waals surface area contributed by atoms with Gasteiger partial charge < -0.3 is 5.32 Å². The fourth-order valence-electron chi connectivity index (χ4n) is 4.06. The van der Waals surface area contributed by atoms with E-state index in [2.05, 4.69) is 24.9 Å². The van der Waals surface area contributed by atoms with E-state index in [0.717, 1.165) is 25.8 Å². The smallest absolute Gasteiger partial charge is 0.206 e. The molecule has 1 aliphatic heterocycles. The molecule has 1 saturated heterocycles. The number of nitrogens with zero attached hydrogens (tertiary/aromatic N) is 4. The van der Waals surface area contributed by atoms with Crippen molar-refractivity contribution in [2.45, 2.75) is 25.3 Å². The van der Waals surface area contributed by atoms with Crippen molar-refractivity contribution < 1.29 is 19.2 Å². The summed E-state index contributed by atoms with van der Waals surface area (Å²) in [7, 11) is 1.94. The molecule has 0 bridgehead atoms. The van der Waals surface area contributed by atoms with Crippen LogP contribution >= 0.6 is 90.4 Å². The predicted octanol–water partition coefficient (Wildman–Crippen LogP) is 1.81. The number of carbonyl (C=O) groups excluding carboxylic acids is 4. The Balaban J connectivity index is 3.17. The number of rotatable bonds is 13. The Morgan fingerprint density at radius 3 is 1.59 bits per heavy atom. The third-order valence-corrected chi connectivity index (χ3v) is 7.10. The van der Waals surface area contributed by atoms with Crippen LogP contribution in [0.15, 0.2) is 0 Å². The molecule has 34 heavy (non-hydrogen) atoms. The molecule has 0 aromatic heterocycles. The standard InChI is InChI=1S/C21H35I4N5O4/c1-26-5-3-2-4-17-12-29(15-20(24)33)9-8-27(13-18(22)31)6-7-28(14-19(23)32)10-11-30(17)16-21(25)34/h17,26H,2-16H2,1H3. The van der Waals surface area contributed by atoms with Gasteiger partial charge in [0.15, 0.2) is 0 Å². The minimum atomic E-state index is 0.0758. The summed E-state index contributed by atoms with van der Waals surface area (Å²) in [6.45, 7) is 7.05. The highest BCUT2D eigenvalue weighted by molar-refractivity contribution is 14.1. The first kappa shape index (κ1) is 33.4. The molecule has 1 atom stereocenters. The Bertz CT molecular complexity index is 673. The summed E-state index contributed by atoms with van der Waals surface area (Å²) in [5.74, 6) is 0. The van der Waals surface area contributed by atoms with Crippen LogP contribution < -0.4 is 5.32 Å². The predicted molar refractivity (Wildman–Crippen MR) is 169 cm³/mol. The highest BCUT2D eigenvalue weighted by Crippen LogP contribution is 2.14. The molecule has 196 valence electrons. The van der Waals surface area contributed by atoms with Crippen LogP contribution in [-0.4, -0.2) is 126 Å². The molecule has 0 amide bonds. The third kappa shape index (κ3) is 16.3. The maximum Gasteiger partial charge on any atom is 0.206 e.